The molecule has 1 amide bonds. The zero-order chi connectivity index (χ0) is 18.5. The number of carbonyl (C=O) groups excluding carboxylic acids is 1. The van der Waals surface area contributed by atoms with Gasteiger partial charge < -0.3 is 10.1 Å². The monoisotopic (exact) mass is 399 g/mol. The van der Waals surface area contributed by atoms with Crippen molar-refractivity contribution in [1.29, 1.82) is 0 Å². The third-order valence-corrected chi connectivity index (χ3v) is 6.13. The van der Waals surface area contributed by atoms with Gasteiger partial charge in [0.05, 0.1) is 19.3 Å². The Bertz CT molecular complexity index is 859. The first-order valence-electron chi connectivity index (χ1n) is 8.93. The van der Waals surface area contributed by atoms with Gasteiger partial charge in [-0.15, -0.1) is 11.3 Å². The van der Waals surface area contributed by atoms with E-state index in [-0.39, 0.29) is 11.9 Å². The van der Waals surface area contributed by atoms with Crippen molar-refractivity contribution < 1.29 is 9.53 Å². The first-order valence-corrected chi connectivity index (χ1v) is 10.8. The zero-order valence-corrected chi connectivity index (χ0v) is 16.5. The van der Waals surface area contributed by atoms with Gasteiger partial charge in [0.2, 0.25) is 0 Å². The Morgan fingerprint density at radius 3 is 2.74 bits per heavy atom. The van der Waals surface area contributed by atoms with Crippen molar-refractivity contribution >= 4 is 28.6 Å². The third-order valence-electron chi connectivity index (χ3n) is 4.56. The number of hydrogen-bond donors (Lipinski definition) is 1. The minimum atomic E-state index is -0.130. The lowest BCUT2D eigenvalue weighted by Gasteiger charge is -2.31. The average Bonchev–Trinajstić information content (AvgIpc) is 3.41. The Labute approximate surface area is 166 Å². The second-order valence-corrected chi connectivity index (χ2v) is 8.04. The van der Waals surface area contributed by atoms with Crippen molar-refractivity contribution in [3.63, 3.8) is 0 Å². The van der Waals surface area contributed by atoms with Gasteiger partial charge in [-0.3, -0.25) is 9.69 Å². The molecule has 1 saturated heterocycles. The van der Waals surface area contributed by atoms with Crippen LogP contribution in [0, 0.1) is 0 Å². The lowest BCUT2D eigenvalue weighted by atomic mass is 10.1. The highest BCUT2D eigenvalue weighted by molar-refractivity contribution is 7.14. The second-order valence-electron chi connectivity index (χ2n) is 6.40. The molecule has 0 aliphatic carbocycles. The lowest BCUT2D eigenvalue weighted by molar-refractivity contribution is 0.0332. The van der Waals surface area contributed by atoms with E-state index in [1.165, 1.54) is 11.3 Å². The summed E-state index contributed by atoms with van der Waals surface area (Å²) in [5.74, 6) is -0.130. The molecule has 4 rings (SSSR count). The topological polar surface area (TPSA) is 54.5 Å². The molecule has 0 bridgehead atoms. The summed E-state index contributed by atoms with van der Waals surface area (Å²) < 4.78 is 5.44. The van der Waals surface area contributed by atoms with Gasteiger partial charge in [0.25, 0.3) is 5.91 Å². The summed E-state index contributed by atoms with van der Waals surface area (Å²) in [5.41, 5.74) is 2.65. The molecule has 27 heavy (non-hydrogen) atoms. The number of nitrogens with zero attached hydrogens (tertiary/aromatic N) is 2. The van der Waals surface area contributed by atoms with Crippen molar-refractivity contribution in [3.8, 4) is 10.6 Å². The largest absolute Gasteiger partial charge is 0.379 e. The number of nitrogens with one attached hydrogen (secondary N) is 1. The van der Waals surface area contributed by atoms with Gasteiger partial charge in [0.15, 0.2) is 0 Å². The third kappa shape index (κ3) is 4.62. The summed E-state index contributed by atoms with van der Waals surface area (Å²) in [6.07, 6.45) is 0. The van der Waals surface area contributed by atoms with E-state index in [4.69, 9.17) is 4.74 Å². The van der Waals surface area contributed by atoms with E-state index in [9.17, 15) is 4.79 Å². The van der Waals surface area contributed by atoms with E-state index in [0.29, 0.717) is 5.69 Å². The number of benzene rings is 1. The van der Waals surface area contributed by atoms with Gasteiger partial charge in [-0.25, -0.2) is 4.98 Å². The van der Waals surface area contributed by atoms with Gasteiger partial charge in [0, 0.05) is 36.0 Å². The summed E-state index contributed by atoms with van der Waals surface area (Å²) in [5, 5.41) is 9.96. The minimum Gasteiger partial charge on any atom is -0.379 e. The highest BCUT2D eigenvalue weighted by atomic mass is 32.1. The van der Waals surface area contributed by atoms with Crippen LogP contribution in [0.2, 0.25) is 0 Å². The van der Waals surface area contributed by atoms with Gasteiger partial charge >= 0.3 is 0 Å². The summed E-state index contributed by atoms with van der Waals surface area (Å²) in [6.45, 7) is 4.02. The fraction of sp³-hybridized carbons (Fsp3) is 0.300. The number of ether oxygens (including phenoxy) is 1. The van der Waals surface area contributed by atoms with Crippen molar-refractivity contribution in [2.75, 3.05) is 32.8 Å². The van der Waals surface area contributed by atoms with Crippen molar-refractivity contribution in [1.82, 2.24) is 15.2 Å². The molecule has 1 aromatic carbocycles. The molecule has 0 radical (unpaired) electrons. The van der Waals surface area contributed by atoms with Crippen LogP contribution in [0.4, 0.5) is 0 Å². The van der Waals surface area contributed by atoms with Crippen LogP contribution in [0.5, 0.6) is 0 Å². The molecule has 7 heteroatoms. The van der Waals surface area contributed by atoms with Gasteiger partial charge in [-0.1, -0.05) is 30.3 Å². The molecule has 5 nitrogen and oxygen atoms in total. The molecule has 1 atom stereocenters. The van der Waals surface area contributed by atoms with Crippen molar-refractivity contribution in [2.24, 2.45) is 0 Å². The summed E-state index contributed by atoms with van der Waals surface area (Å²) in [4.78, 5) is 19.7. The maximum absolute atomic E-state index is 12.8. The smallest absolute Gasteiger partial charge is 0.271 e. The van der Waals surface area contributed by atoms with E-state index in [2.05, 4.69) is 27.3 Å². The number of rotatable bonds is 6. The van der Waals surface area contributed by atoms with Crippen molar-refractivity contribution in [3.05, 3.63) is 63.8 Å². The summed E-state index contributed by atoms with van der Waals surface area (Å²) in [7, 11) is 0. The Morgan fingerprint density at radius 1 is 1.19 bits per heavy atom. The lowest BCUT2D eigenvalue weighted by Crippen LogP contribution is -2.43. The molecule has 0 spiro atoms. The molecule has 0 saturated carbocycles. The molecule has 1 N–H and O–H groups in total. The average molecular weight is 400 g/mol. The maximum Gasteiger partial charge on any atom is 0.271 e. The second kappa shape index (κ2) is 8.75. The maximum atomic E-state index is 12.8. The summed E-state index contributed by atoms with van der Waals surface area (Å²) >= 11 is 3.13. The summed E-state index contributed by atoms with van der Waals surface area (Å²) in [6, 6.07) is 12.1. The van der Waals surface area contributed by atoms with E-state index in [1.807, 2.05) is 40.4 Å². The zero-order valence-electron chi connectivity index (χ0n) is 14.8. The molecule has 2 aromatic heterocycles. The van der Waals surface area contributed by atoms with E-state index >= 15 is 0 Å². The van der Waals surface area contributed by atoms with Crippen LogP contribution in [-0.4, -0.2) is 48.6 Å². The highest BCUT2D eigenvalue weighted by Gasteiger charge is 2.22. The quantitative estimate of drug-likeness (QED) is 0.687. The molecule has 3 aromatic rings. The molecule has 3 heterocycles. The van der Waals surface area contributed by atoms with E-state index in [1.54, 1.807) is 11.3 Å². The van der Waals surface area contributed by atoms with Crippen LogP contribution in [0.1, 0.15) is 22.1 Å². The molecule has 1 aliphatic heterocycles. The van der Waals surface area contributed by atoms with E-state index in [0.717, 1.165) is 49.0 Å². The van der Waals surface area contributed by atoms with E-state index < -0.39 is 0 Å². The number of thiophene rings is 1. The van der Waals surface area contributed by atoms with Crippen LogP contribution in [0.15, 0.2) is 52.5 Å². The molecule has 1 unspecified atom stereocenters. The Hall–Kier alpha value is -2.06. The van der Waals surface area contributed by atoms with Crippen LogP contribution in [-0.2, 0) is 4.74 Å². The normalized spacial score (nSPS) is 16.1. The predicted octanol–water partition coefficient (Wildman–Crippen LogP) is 3.67. The first-order chi connectivity index (χ1) is 13.3. The molecule has 140 valence electrons. The molecular weight excluding hydrogens is 378 g/mol. The first kappa shape index (κ1) is 18.3. The minimum absolute atomic E-state index is 0.0805. The number of morpholine rings is 1. The van der Waals surface area contributed by atoms with Crippen LogP contribution < -0.4 is 5.32 Å². The van der Waals surface area contributed by atoms with Gasteiger partial charge in [0.1, 0.15) is 10.7 Å². The number of aromatic nitrogens is 1. The number of hydrogen-bond acceptors (Lipinski definition) is 6. The Balaban J connectivity index is 1.49. The highest BCUT2D eigenvalue weighted by Crippen LogP contribution is 2.26. The number of thiazole rings is 1. The fourth-order valence-corrected chi connectivity index (χ4v) is 4.60. The Kier molecular flexibility index (Phi) is 5.94. The fourth-order valence-electron chi connectivity index (χ4n) is 3.09. The van der Waals surface area contributed by atoms with Crippen LogP contribution >= 0.6 is 22.7 Å². The number of amides is 1. The van der Waals surface area contributed by atoms with Crippen LogP contribution in [0.25, 0.3) is 10.6 Å². The van der Waals surface area contributed by atoms with Gasteiger partial charge in [-0.05, 0) is 17.0 Å². The molecular formula is C20H21N3O2S2. The predicted molar refractivity (Wildman–Crippen MR) is 109 cm³/mol. The molecule has 1 fully saturated rings. The SMILES string of the molecule is O=C(NC(CN1CCOCC1)c1ccccc1)c1csc(-c2ccsc2)n1. The molecule has 1 aliphatic rings. The van der Waals surface area contributed by atoms with Gasteiger partial charge in [-0.2, -0.15) is 11.3 Å². The standard InChI is InChI=1S/C20H21N3O2S2/c24-19(18-14-27-20(22-18)16-6-11-26-13-16)21-17(15-4-2-1-3-5-15)12-23-7-9-25-10-8-23/h1-6,11,13-14,17H,7-10,12H2,(H,21,24). The van der Waals surface area contributed by atoms with Crippen LogP contribution in [0.3, 0.4) is 0 Å². The number of carbonyl (C=O) groups is 1. The Morgan fingerprint density at radius 2 is 2.00 bits per heavy atom. The van der Waals surface area contributed by atoms with Crippen molar-refractivity contribution in [2.45, 2.75) is 6.04 Å².